The van der Waals surface area contributed by atoms with E-state index in [-0.39, 0.29) is 18.4 Å². The zero-order chi connectivity index (χ0) is 15.4. The third-order valence-electron chi connectivity index (χ3n) is 3.03. The highest BCUT2D eigenvalue weighted by Gasteiger charge is 2.18. The molecule has 1 heterocycles. The number of aryl methyl sites for hydroxylation is 1. The predicted octanol–water partition coefficient (Wildman–Crippen LogP) is 1.32. The van der Waals surface area contributed by atoms with Crippen molar-refractivity contribution in [1.82, 2.24) is 9.47 Å². The molecule has 110 valence electrons. The lowest BCUT2D eigenvalue weighted by Gasteiger charge is -2.17. The van der Waals surface area contributed by atoms with E-state index >= 15 is 0 Å². The van der Waals surface area contributed by atoms with Crippen LogP contribution in [-0.2, 0) is 11.8 Å². The van der Waals surface area contributed by atoms with Crippen LogP contribution in [0.4, 0.5) is 11.4 Å². The maximum atomic E-state index is 12.2. The molecule has 0 radical (unpaired) electrons. The number of likely N-dealkylation sites (N-methyl/N-ethyl adjacent to an activating group) is 1. The molecule has 1 aromatic carbocycles. The number of carbonyl (C=O) groups is 2. The van der Waals surface area contributed by atoms with E-state index < -0.39 is 0 Å². The van der Waals surface area contributed by atoms with Gasteiger partial charge in [0.15, 0.2) is 0 Å². The van der Waals surface area contributed by atoms with E-state index in [0.29, 0.717) is 17.1 Å². The maximum Gasteiger partial charge on any atom is 0.270 e. The summed E-state index contributed by atoms with van der Waals surface area (Å²) in [5.41, 5.74) is 7.31. The van der Waals surface area contributed by atoms with Crippen LogP contribution >= 0.6 is 0 Å². The number of rotatable bonds is 4. The van der Waals surface area contributed by atoms with E-state index in [2.05, 4.69) is 5.32 Å². The number of hydrogen-bond acceptors (Lipinski definition) is 3. The van der Waals surface area contributed by atoms with Crippen LogP contribution in [-0.4, -0.2) is 34.9 Å². The van der Waals surface area contributed by atoms with Crippen molar-refractivity contribution < 1.29 is 9.59 Å². The highest BCUT2D eigenvalue weighted by Crippen LogP contribution is 2.11. The number of nitrogens with zero attached hydrogens (tertiary/aromatic N) is 2. The summed E-state index contributed by atoms with van der Waals surface area (Å²) < 4.78 is 1.64. The second-order valence-electron chi connectivity index (χ2n) is 4.84. The quantitative estimate of drug-likeness (QED) is 0.889. The van der Waals surface area contributed by atoms with E-state index in [9.17, 15) is 9.59 Å². The van der Waals surface area contributed by atoms with Crippen LogP contribution in [0.2, 0.25) is 0 Å². The van der Waals surface area contributed by atoms with Crippen LogP contribution in [0.15, 0.2) is 42.6 Å². The van der Waals surface area contributed by atoms with Gasteiger partial charge in [-0.1, -0.05) is 18.2 Å². The van der Waals surface area contributed by atoms with E-state index in [1.807, 2.05) is 18.2 Å². The molecule has 0 saturated heterocycles. The molecule has 2 aromatic rings. The molecule has 6 heteroatoms. The summed E-state index contributed by atoms with van der Waals surface area (Å²) in [7, 11) is 3.32. The highest BCUT2D eigenvalue weighted by molar-refractivity contribution is 5.98. The first-order valence-corrected chi connectivity index (χ1v) is 6.49. The smallest absolute Gasteiger partial charge is 0.270 e. The van der Waals surface area contributed by atoms with Crippen molar-refractivity contribution in [1.29, 1.82) is 0 Å². The second-order valence-corrected chi connectivity index (χ2v) is 4.84. The Labute approximate surface area is 123 Å². The van der Waals surface area contributed by atoms with Gasteiger partial charge in [0.2, 0.25) is 5.91 Å². The molecule has 0 bridgehead atoms. The van der Waals surface area contributed by atoms with Gasteiger partial charge in [-0.2, -0.15) is 0 Å². The average Bonchev–Trinajstić information content (AvgIpc) is 2.77. The fourth-order valence-electron chi connectivity index (χ4n) is 2.01. The molecule has 0 unspecified atom stereocenters. The predicted molar refractivity (Wildman–Crippen MR) is 81.9 cm³/mol. The highest BCUT2D eigenvalue weighted by atomic mass is 16.2. The van der Waals surface area contributed by atoms with E-state index in [4.69, 9.17) is 5.73 Å². The minimum atomic E-state index is -0.252. The lowest BCUT2D eigenvalue weighted by molar-refractivity contribution is -0.116. The van der Waals surface area contributed by atoms with Crippen LogP contribution in [0.25, 0.3) is 0 Å². The molecular formula is C15H18N4O2. The monoisotopic (exact) mass is 286 g/mol. The van der Waals surface area contributed by atoms with Crippen molar-refractivity contribution >= 4 is 23.2 Å². The topological polar surface area (TPSA) is 80.4 Å². The molecule has 0 saturated carbocycles. The summed E-state index contributed by atoms with van der Waals surface area (Å²) in [5.74, 6) is -0.503. The second kappa shape index (κ2) is 6.13. The van der Waals surface area contributed by atoms with Crippen LogP contribution in [0.3, 0.4) is 0 Å². The Morgan fingerprint density at radius 1 is 1.29 bits per heavy atom. The molecule has 0 aliphatic heterocycles. The van der Waals surface area contributed by atoms with Crippen molar-refractivity contribution in [3.8, 4) is 0 Å². The number of amides is 2. The SMILES string of the molecule is CN(CC(=O)Nc1ccccc1)C(=O)c1cc(N)cn1C. The number of hydrogen-bond donors (Lipinski definition) is 2. The van der Waals surface area contributed by atoms with E-state index in [1.54, 1.807) is 43.1 Å². The zero-order valence-corrected chi connectivity index (χ0v) is 12.0. The van der Waals surface area contributed by atoms with Crippen molar-refractivity contribution in [3.05, 3.63) is 48.3 Å². The molecule has 2 rings (SSSR count). The van der Waals surface area contributed by atoms with Gasteiger partial charge in [0, 0.05) is 26.0 Å². The molecular weight excluding hydrogens is 268 g/mol. The Morgan fingerprint density at radius 2 is 1.95 bits per heavy atom. The van der Waals surface area contributed by atoms with Gasteiger partial charge in [0.1, 0.15) is 5.69 Å². The molecule has 0 aliphatic carbocycles. The van der Waals surface area contributed by atoms with Gasteiger partial charge in [-0.25, -0.2) is 0 Å². The number of anilines is 2. The van der Waals surface area contributed by atoms with Gasteiger partial charge < -0.3 is 20.5 Å². The zero-order valence-electron chi connectivity index (χ0n) is 12.0. The number of nitrogens with one attached hydrogen (secondary N) is 1. The Hall–Kier alpha value is -2.76. The van der Waals surface area contributed by atoms with Crippen LogP contribution in [0.5, 0.6) is 0 Å². The number of nitrogen functional groups attached to an aromatic ring is 1. The van der Waals surface area contributed by atoms with Gasteiger partial charge in [0.05, 0.1) is 12.2 Å². The fourth-order valence-corrected chi connectivity index (χ4v) is 2.01. The largest absolute Gasteiger partial charge is 0.397 e. The number of nitrogens with two attached hydrogens (primary N) is 1. The molecule has 0 spiro atoms. The maximum absolute atomic E-state index is 12.2. The van der Waals surface area contributed by atoms with Crippen LogP contribution < -0.4 is 11.1 Å². The van der Waals surface area contributed by atoms with Gasteiger partial charge >= 0.3 is 0 Å². The lowest BCUT2D eigenvalue weighted by Crippen LogP contribution is -2.35. The third kappa shape index (κ3) is 3.62. The number of carbonyl (C=O) groups excluding carboxylic acids is 2. The molecule has 2 amide bonds. The summed E-state index contributed by atoms with van der Waals surface area (Å²) in [6, 6.07) is 10.7. The summed E-state index contributed by atoms with van der Waals surface area (Å²) in [6.45, 7) is -0.0290. The first-order valence-electron chi connectivity index (χ1n) is 6.49. The normalized spacial score (nSPS) is 10.2. The number of aromatic nitrogens is 1. The number of para-hydroxylation sites is 1. The molecule has 6 nitrogen and oxygen atoms in total. The molecule has 1 aromatic heterocycles. The third-order valence-corrected chi connectivity index (χ3v) is 3.03. The molecule has 0 aliphatic rings. The molecule has 3 N–H and O–H groups in total. The molecule has 0 fully saturated rings. The van der Waals surface area contributed by atoms with Crippen molar-refractivity contribution in [2.45, 2.75) is 0 Å². The van der Waals surface area contributed by atoms with Crippen molar-refractivity contribution in [2.24, 2.45) is 7.05 Å². The van der Waals surface area contributed by atoms with Gasteiger partial charge in [-0.15, -0.1) is 0 Å². The van der Waals surface area contributed by atoms with E-state index in [1.165, 1.54) is 4.90 Å². The van der Waals surface area contributed by atoms with Gasteiger partial charge in [-0.3, -0.25) is 9.59 Å². The average molecular weight is 286 g/mol. The minimum absolute atomic E-state index is 0.0290. The van der Waals surface area contributed by atoms with Crippen molar-refractivity contribution in [2.75, 3.05) is 24.6 Å². The van der Waals surface area contributed by atoms with Gasteiger partial charge in [-0.05, 0) is 18.2 Å². The summed E-state index contributed by atoms with van der Waals surface area (Å²) in [5, 5.41) is 2.73. The summed E-state index contributed by atoms with van der Waals surface area (Å²) in [6.07, 6.45) is 1.66. The first-order chi connectivity index (χ1) is 9.97. The van der Waals surface area contributed by atoms with Crippen LogP contribution in [0, 0.1) is 0 Å². The van der Waals surface area contributed by atoms with Crippen LogP contribution in [0.1, 0.15) is 10.5 Å². The summed E-state index contributed by atoms with van der Waals surface area (Å²) in [4.78, 5) is 25.5. The molecule has 0 atom stereocenters. The lowest BCUT2D eigenvalue weighted by atomic mass is 10.3. The Bertz CT molecular complexity index is 649. The Balaban J connectivity index is 1.97. The number of benzene rings is 1. The fraction of sp³-hybridized carbons (Fsp3) is 0.200. The van der Waals surface area contributed by atoms with Crippen molar-refractivity contribution in [3.63, 3.8) is 0 Å². The molecule has 21 heavy (non-hydrogen) atoms. The Morgan fingerprint density at radius 3 is 2.52 bits per heavy atom. The summed E-state index contributed by atoms with van der Waals surface area (Å²) >= 11 is 0. The Kier molecular flexibility index (Phi) is 4.27. The van der Waals surface area contributed by atoms with Gasteiger partial charge in [0.25, 0.3) is 5.91 Å². The first kappa shape index (κ1) is 14.6. The standard InChI is InChI=1S/C15H18N4O2/c1-18-9-11(16)8-13(18)15(21)19(2)10-14(20)17-12-6-4-3-5-7-12/h3-9H,10,16H2,1-2H3,(H,17,20). The van der Waals surface area contributed by atoms with E-state index in [0.717, 1.165) is 0 Å². The minimum Gasteiger partial charge on any atom is -0.397 e.